The third-order valence-electron chi connectivity index (χ3n) is 3.02. The average Bonchev–Trinajstić information content (AvgIpc) is 2.58. The highest BCUT2D eigenvalue weighted by molar-refractivity contribution is 9.12. The van der Waals surface area contributed by atoms with Crippen LogP contribution in [0.4, 0.5) is 0 Å². The first-order valence-electron chi connectivity index (χ1n) is 7.31. The first kappa shape index (κ1) is 20.0. The summed E-state index contributed by atoms with van der Waals surface area (Å²) in [7, 11) is 0. The summed E-state index contributed by atoms with van der Waals surface area (Å²) in [6.07, 6.45) is 3.45. The van der Waals surface area contributed by atoms with Crippen molar-refractivity contribution in [2.45, 2.75) is 5.75 Å². The molecule has 0 spiro atoms. The summed E-state index contributed by atoms with van der Waals surface area (Å²) < 4.78 is 0.759. The molecule has 0 aliphatic rings. The Hall–Kier alpha value is -1.27. The smallest absolute Gasteiger partial charge is 0.250 e. The number of rotatable bonds is 7. The van der Waals surface area contributed by atoms with Crippen molar-refractivity contribution in [3.8, 4) is 0 Å². The lowest BCUT2D eigenvalue weighted by Crippen LogP contribution is -2.19. The lowest BCUT2D eigenvalue weighted by Gasteiger charge is -2.06. The number of nitrogens with one attached hydrogen (secondary N) is 1. The van der Waals surface area contributed by atoms with Crippen LogP contribution in [0.1, 0.15) is 11.1 Å². The molecule has 7 heteroatoms. The minimum absolute atomic E-state index is 0.190. The molecular formula is C18H15BrCl2N2OS. The summed E-state index contributed by atoms with van der Waals surface area (Å²) in [6.45, 7) is 0. The molecule has 0 fully saturated rings. The molecule has 0 saturated carbocycles. The molecule has 0 atom stereocenters. The summed E-state index contributed by atoms with van der Waals surface area (Å²) >= 11 is 17.0. The molecule has 3 nitrogen and oxygen atoms in total. The Kier molecular flexibility index (Phi) is 8.55. The maximum atomic E-state index is 11.8. The van der Waals surface area contributed by atoms with Gasteiger partial charge in [-0.1, -0.05) is 59.6 Å². The Bertz CT molecular complexity index is 762. The van der Waals surface area contributed by atoms with Gasteiger partial charge in [-0.15, -0.1) is 11.8 Å². The van der Waals surface area contributed by atoms with Crippen molar-refractivity contribution in [3.63, 3.8) is 0 Å². The molecule has 1 N–H and O–H groups in total. The van der Waals surface area contributed by atoms with E-state index in [1.54, 1.807) is 24.4 Å². The van der Waals surface area contributed by atoms with Crippen LogP contribution in [0.3, 0.4) is 0 Å². The monoisotopic (exact) mass is 456 g/mol. The molecular weight excluding hydrogens is 443 g/mol. The second kappa shape index (κ2) is 10.7. The maximum Gasteiger partial charge on any atom is 0.250 e. The van der Waals surface area contributed by atoms with Crippen LogP contribution in [0.25, 0.3) is 6.08 Å². The predicted octanol–water partition coefficient (Wildman–Crippen LogP) is 5.76. The lowest BCUT2D eigenvalue weighted by atomic mass is 10.2. The lowest BCUT2D eigenvalue weighted by molar-refractivity contribution is -0.118. The van der Waals surface area contributed by atoms with E-state index in [0.717, 1.165) is 15.6 Å². The molecule has 0 unspecified atom stereocenters. The van der Waals surface area contributed by atoms with Crippen LogP contribution in [-0.4, -0.2) is 17.9 Å². The van der Waals surface area contributed by atoms with Crippen LogP contribution in [0, 0.1) is 0 Å². The molecule has 0 aromatic heterocycles. The third-order valence-corrected chi connectivity index (χ3v) is 5.12. The summed E-state index contributed by atoms with van der Waals surface area (Å²) in [5.41, 5.74) is 4.36. The van der Waals surface area contributed by atoms with Gasteiger partial charge in [0.25, 0.3) is 0 Å². The van der Waals surface area contributed by atoms with E-state index in [9.17, 15) is 4.79 Å². The number of nitrogens with zero attached hydrogens (tertiary/aromatic N) is 1. The van der Waals surface area contributed by atoms with E-state index < -0.39 is 0 Å². The summed E-state index contributed by atoms with van der Waals surface area (Å²) in [5.74, 6) is 0.635. The molecule has 0 saturated heterocycles. The van der Waals surface area contributed by atoms with Gasteiger partial charge in [0.05, 0.1) is 12.0 Å². The molecule has 130 valence electrons. The molecule has 0 heterocycles. The van der Waals surface area contributed by atoms with Crippen molar-refractivity contribution in [1.82, 2.24) is 5.43 Å². The molecule has 2 aromatic rings. The van der Waals surface area contributed by atoms with Crippen LogP contribution < -0.4 is 5.43 Å². The number of thioether (sulfide) groups is 1. The topological polar surface area (TPSA) is 41.5 Å². The molecule has 0 bridgehead atoms. The Morgan fingerprint density at radius 3 is 2.48 bits per heavy atom. The van der Waals surface area contributed by atoms with Gasteiger partial charge in [-0.25, -0.2) is 5.43 Å². The van der Waals surface area contributed by atoms with Crippen molar-refractivity contribution in [2.24, 2.45) is 5.10 Å². The maximum absolute atomic E-state index is 11.8. The molecule has 25 heavy (non-hydrogen) atoms. The van der Waals surface area contributed by atoms with Crippen molar-refractivity contribution in [1.29, 1.82) is 0 Å². The first-order valence-corrected chi connectivity index (χ1v) is 10.0. The van der Waals surface area contributed by atoms with E-state index in [1.165, 1.54) is 11.8 Å². The van der Waals surface area contributed by atoms with Gasteiger partial charge >= 0.3 is 0 Å². The average molecular weight is 458 g/mol. The number of carbonyl (C=O) groups is 1. The Morgan fingerprint density at radius 2 is 1.80 bits per heavy atom. The second-order valence-electron chi connectivity index (χ2n) is 4.93. The number of allylic oxidation sites excluding steroid dienone is 1. The van der Waals surface area contributed by atoms with Gasteiger partial charge in [0, 0.05) is 20.3 Å². The van der Waals surface area contributed by atoms with Crippen LogP contribution >= 0.6 is 50.9 Å². The fourth-order valence-corrected chi connectivity index (χ4v) is 3.78. The third kappa shape index (κ3) is 7.24. The van der Waals surface area contributed by atoms with E-state index >= 15 is 0 Å². The molecule has 2 rings (SSSR count). The zero-order chi connectivity index (χ0) is 18.1. The first-order chi connectivity index (χ1) is 12.1. The minimum atomic E-state index is -0.190. The molecule has 0 radical (unpaired) electrons. The molecule has 1 amide bonds. The van der Waals surface area contributed by atoms with Gasteiger partial charge in [-0.2, -0.15) is 5.10 Å². The van der Waals surface area contributed by atoms with E-state index in [-0.39, 0.29) is 11.7 Å². The van der Waals surface area contributed by atoms with Crippen molar-refractivity contribution in [2.75, 3.05) is 5.75 Å². The molecule has 2 aromatic carbocycles. The van der Waals surface area contributed by atoms with Crippen molar-refractivity contribution >= 4 is 69.1 Å². The highest BCUT2D eigenvalue weighted by atomic mass is 79.9. The summed E-state index contributed by atoms with van der Waals surface area (Å²) in [5, 5.41) is 5.13. The quantitative estimate of drug-likeness (QED) is 0.423. The van der Waals surface area contributed by atoms with Crippen molar-refractivity contribution in [3.05, 3.63) is 74.2 Å². The molecule has 0 aliphatic heterocycles. The number of hydrogen-bond donors (Lipinski definition) is 1. The van der Waals surface area contributed by atoms with Gasteiger partial charge in [0.2, 0.25) is 5.91 Å². The SMILES string of the molecule is O=C(CSCc1c(Cl)cccc1Cl)N/N=C\C(Br)=C\c1ccccc1. The standard InChI is InChI=1S/C18H15BrCl2N2OS/c19-14(9-13-5-2-1-3-6-13)10-22-23-18(24)12-25-11-15-16(20)7-4-8-17(15)21/h1-10H,11-12H2,(H,23,24)/b14-9-,22-10-. The van der Waals surface area contributed by atoms with Gasteiger partial charge in [0.1, 0.15) is 0 Å². The van der Waals surface area contributed by atoms with E-state index in [4.69, 9.17) is 23.2 Å². The van der Waals surface area contributed by atoms with Crippen LogP contribution in [-0.2, 0) is 10.5 Å². The van der Waals surface area contributed by atoms with Gasteiger partial charge in [-0.05, 0) is 45.3 Å². The fraction of sp³-hybridized carbons (Fsp3) is 0.111. The van der Waals surface area contributed by atoms with Crippen LogP contribution in [0.15, 0.2) is 58.1 Å². The van der Waals surface area contributed by atoms with E-state index in [1.807, 2.05) is 36.4 Å². The zero-order valence-corrected chi connectivity index (χ0v) is 17.0. The Morgan fingerprint density at radius 1 is 1.12 bits per heavy atom. The highest BCUT2D eigenvalue weighted by Crippen LogP contribution is 2.28. The van der Waals surface area contributed by atoms with Crippen LogP contribution in [0.5, 0.6) is 0 Å². The minimum Gasteiger partial charge on any atom is -0.272 e. The highest BCUT2D eigenvalue weighted by Gasteiger charge is 2.07. The Labute approximate surface area is 169 Å². The van der Waals surface area contributed by atoms with Gasteiger partial charge < -0.3 is 0 Å². The number of hydrazone groups is 1. The summed E-state index contributed by atoms with van der Waals surface area (Å²) in [4.78, 5) is 11.8. The zero-order valence-electron chi connectivity index (χ0n) is 13.1. The predicted molar refractivity (Wildman–Crippen MR) is 113 cm³/mol. The largest absolute Gasteiger partial charge is 0.272 e. The summed E-state index contributed by atoms with van der Waals surface area (Å²) in [6, 6.07) is 15.2. The molecule has 0 aliphatic carbocycles. The fourth-order valence-electron chi connectivity index (χ4n) is 1.86. The van der Waals surface area contributed by atoms with E-state index in [2.05, 4.69) is 26.5 Å². The number of amides is 1. The number of carbonyl (C=O) groups excluding carboxylic acids is 1. The van der Waals surface area contributed by atoms with E-state index in [0.29, 0.717) is 15.8 Å². The Balaban J connectivity index is 1.76. The number of benzene rings is 2. The number of hydrogen-bond acceptors (Lipinski definition) is 3. The van der Waals surface area contributed by atoms with Crippen LogP contribution in [0.2, 0.25) is 10.0 Å². The van der Waals surface area contributed by atoms with Crippen molar-refractivity contribution < 1.29 is 4.79 Å². The number of halogens is 3. The second-order valence-corrected chi connectivity index (χ2v) is 7.64. The normalized spacial score (nSPS) is 11.7. The van der Waals surface area contributed by atoms with Gasteiger partial charge in [0.15, 0.2) is 0 Å². The van der Waals surface area contributed by atoms with Gasteiger partial charge in [-0.3, -0.25) is 4.79 Å².